The van der Waals surface area contributed by atoms with Crippen molar-refractivity contribution in [2.75, 3.05) is 13.6 Å². The maximum absolute atomic E-state index is 12.5. The minimum Gasteiger partial charge on any atom is -0.481 e. The molecule has 0 saturated heterocycles. The highest BCUT2D eigenvalue weighted by atomic mass is 19.4. The Morgan fingerprint density at radius 2 is 1.71 bits per heavy atom. The lowest BCUT2D eigenvalue weighted by Gasteiger charge is -2.29. The molecule has 0 saturated carbocycles. The Bertz CT molecular complexity index is 300. The van der Waals surface area contributed by atoms with E-state index in [2.05, 4.69) is 0 Å². The molecule has 0 heterocycles. The Kier molecular flexibility index (Phi) is 4.97. The zero-order valence-corrected chi connectivity index (χ0v) is 9.97. The highest BCUT2D eigenvalue weighted by Crippen LogP contribution is 2.40. The number of carbonyl (C=O) groups is 2. The van der Waals surface area contributed by atoms with Crippen molar-refractivity contribution in [1.29, 1.82) is 0 Å². The number of carboxylic acids is 1. The first kappa shape index (κ1) is 15.7. The SMILES string of the molecule is CN(CCC(=O)O)C(=O)CC(C)(C)C(F)(F)F. The fourth-order valence-electron chi connectivity index (χ4n) is 1.00. The molecule has 0 bridgehead atoms. The minimum absolute atomic E-state index is 0.0951. The van der Waals surface area contributed by atoms with Crippen LogP contribution in [0, 0.1) is 5.41 Å². The van der Waals surface area contributed by atoms with Gasteiger partial charge < -0.3 is 10.0 Å². The molecule has 4 nitrogen and oxygen atoms in total. The molecule has 0 aliphatic carbocycles. The Balaban J connectivity index is 4.39. The van der Waals surface area contributed by atoms with Gasteiger partial charge >= 0.3 is 12.1 Å². The molecule has 0 unspecified atom stereocenters. The molecule has 0 aliphatic rings. The number of hydrogen-bond donors (Lipinski definition) is 1. The Labute approximate surface area is 97.4 Å². The molecular weight excluding hydrogens is 239 g/mol. The Morgan fingerprint density at radius 1 is 1.24 bits per heavy atom. The van der Waals surface area contributed by atoms with Crippen molar-refractivity contribution >= 4 is 11.9 Å². The molecule has 0 aromatic rings. The molecule has 1 N–H and O–H groups in total. The van der Waals surface area contributed by atoms with Gasteiger partial charge in [-0.15, -0.1) is 0 Å². The van der Waals surface area contributed by atoms with Crippen molar-refractivity contribution in [3.05, 3.63) is 0 Å². The number of carbonyl (C=O) groups excluding carboxylic acids is 1. The van der Waals surface area contributed by atoms with Gasteiger partial charge in [0, 0.05) is 20.0 Å². The number of carboxylic acid groups (broad SMARTS) is 1. The van der Waals surface area contributed by atoms with Gasteiger partial charge in [0.2, 0.25) is 5.91 Å². The monoisotopic (exact) mass is 255 g/mol. The van der Waals surface area contributed by atoms with Crippen molar-refractivity contribution in [1.82, 2.24) is 4.90 Å². The lowest BCUT2D eigenvalue weighted by molar-refractivity contribution is -0.215. The van der Waals surface area contributed by atoms with Crippen LogP contribution >= 0.6 is 0 Å². The Morgan fingerprint density at radius 3 is 2.06 bits per heavy atom. The molecule has 1 amide bonds. The van der Waals surface area contributed by atoms with E-state index in [0.717, 1.165) is 18.7 Å². The zero-order valence-electron chi connectivity index (χ0n) is 9.97. The first-order valence-corrected chi connectivity index (χ1v) is 5.00. The van der Waals surface area contributed by atoms with Crippen LogP contribution in [0.4, 0.5) is 13.2 Å². The molecule has 0 aromatic carbocycles. The van der Waals surface area contributed by atoms with Crippen LogP contribution in [0.1, 0.15) is 26.7 Å². The number of aliphatic carboxylic acids is 1. The maximum Gasteiger partial charge on any atom is 0.394 e. The van der Waals surface area contributed by atoms with Crippen LogP contribution in [0.2, 0.25) is 0 Å². The van der Waals surface area contributed by atoms with Crippen LogP contribution in [0.25, 0.3) is 0 Å². The molecule has 0 rings (SSSR count). The highest BCUT2D eigenvalue weighted by Gasteiger charge is 2.48. The van der Waals surface area contributed by atoms with Gasteiger partial charge in [-0.2, -0.15) is 13.2 Å². The summed E-state index contributed by atoms with van der Waals surface area (Å²) in [7, 11) is 1.29. The van der Waals surface area contributed by atoms with Crippen LogP contribution in [0.3, 0.4) is 0 Å². The third-order valence-corrected chi connectivity index (χ3v) is 2.45. The van der Waals surface area contributed by atoms with Crippen LogP contribution in [0.5, 0.6) is 0 Å². The molecule has 0 spiro atoms. The quantitative estimate of drug-likeness (QED) is 0.816. The summed E-state index contributed by atoms with van der Waals surface area (Å²) in [5.74, 6) is -1.81. The van der Waals surface area contributed by atoms with E-state index in [0.29, 0.717) is 0 Å². The largest absolute Gasteiger partial charge is 0.481 e. The smallest absolute Gasteiger partial charge is 0.394 e. The average molecular weight is 255 g/mol. The van der Waals surface area contributed by atoms with Crippen LogP contribution < -0.4 is 0 Å². The first-order chi connectivity index (χ1) is 7.47. The van der Waals surface area contributed by atoms with Gasteiger partial charge in [-0.05, 0) is 0 Å². The van der Waals surface area contributed by atoms with E-state index in [1.165, 1.54) is 7.05 Å². The number of alkyl halides is 3. The van der Waals surface area contributed by atoms with Gasteiger partial charge in [-0.1, -0.05) is 13.8 Å². The summed E-state index contributed by atoms with van der Waals surface area (Å²) in [4.78, 5) is 22.7. The molecule has 0 aliphatic heterocycles. The van der Waals surface area contributed by atoms with Gasteiger partial charge in [-0.3, -0.25) is 9.59 Å². The van der Waals surface area contributed by atoms with Crippen molar-refractivity contribution in [3.8, 4) is 0 Å². The summed E-state index contributed by atoms with van der Waals surface area (Å²) >= 11 is 0. The number of hydrogen-bond acceptors (Lipinski definition) is 2. The van der Waals surface area contributed by atoms with E-state index in [4.69, 9.17) is 5.11 Å². The third kappa shape index (κ3) is 5.06. The predicted molar refractivity (Wildman–Crippen MR) is 54.3 cm³/mol. The lowest BCUT2D eigenvalue weighted by Crippen LogP contribution is -2.39. The summed E-state index contributed by atoms with van der Waals surface area (Å²) in [6, 6.07) is 0. The second kappa shape index (κ2) is 5.37. The van der Waals surface area contributed by atoms with Gasteiger partial charge in [0.05, 0.1) is 11.8 Å². The van der Waals surface area contributed by atoms with Crippen LogP contribution in [-0.4, -0.2) is 41.7 Å². The fraction of sp³-hybridized carbons (Fsp3) is 0.800. The van der Waals surface area contributed by atoms with Crippen molar-refractivity contribution in [2.45, 2.75) is 32.9 Å². The topological polar surface area (TPSA) is 57.6 Å². The molecule has 0 radical (unpaired) electrons. The summed E-state index contributed by atoms with van der Waals surface area (Å²) in [5.41, 5.74) is -2.11. The summed E-state index contributed by atoms with van der Waals surface area (Å²) in [5, 5.41) is 8.39. The van der Waals surface area contributed by atoms with Crippen molar-refractivity contribution in [2.24, 2.45) is 5.41 Å². The number of rotatable bonds is 5. The number of halogens is 3. The second-order valence-electron chi connectivity index (χ2n) is 4.52. The summed E-state index contributed by atoms with van der Waals surface area (Å²) in [6.07, 6.45) is -5.43. The minimum atomic E-state index is -4.46. The summed E-state index contributed by atoms with van der Waals surface area (Å²) < 4.78 is 37.5. The number of amides is 1. The molecular formula is C10H16F3NO3. The van der Waals surface area contributed by atoms with E-state index in [1.54, 1.807) is 0 Å². The zero-order chi connectivity index (χ0) is 13.9. The van der Waals surface area contributed by atoms with E-state index < -0.39 is 29.9 Å². The Hall–Kier alpha value is -1.27. The average Bonchev–Trinajstić information content (AvgIpc) is 2.11. The van der Waals surface area contributed by atoms with Gasteiger partial charge in [-0.25, -0.2) is 0 Å². The molecule has 0 aromatic heterocycles. The molecule has 7 heteroatoms. The lowest BCUT2D eigenvalue weighted by atomic mass is 9.88. The van der Waals surface area contributed by atoms with Crippen LogP contribution in [0.15, 0.2) is 0 Å². The van der Waals surface area contributed by atoms with Crippen molar-refractivity contribution < 1.29 is 27.9 Å². The van der Waals surface area contributed by atoms with Crippen LogP contribution in [-0.2, 0) is 9.59 Å². The maximum atomic E-state index is 12.5. The third-order valence-electron chi connectivity index (χ3n) is 2.45. The van der Waals surface area contributed by atoms with Gasteiger partial charge in [0.15, 0.2) is 0 Å². The molecule has 17 heavy (non-hydrogen) atoms. The van der Waals surface area contributed by atoms with Crippen molar-refractivity contribution in [3.63, 3.8) is 0 Å². The van der Waals surface area contributed by atoms with E-state index in [-0.39, 0.29) is 13.0 Å². The molecule has 0 atom stereocenters. The number of nitrogens with zero attached hydrogens (tertiary/aromatic N) is 1. The van der Waals surface area contributed by atoms with Gasteiger partial charge in [0.25, 0.3) is 0 Å². The first-order valence-electron chi connectivity index (χ1n) is 5.00. The van der Waals surface area contributed by atoms with E-state index in [9.17, 15) is 22.8 Å². The van der Waals surface area contributed by atoms with Gasteiger partial charge in [0.1, 0.15) is 0 Å². The van der Waals surface area contributed by atoms with E-state index >= 15 is 0 Å². The summed E-state index contributed by atoms with van der Waals surface area (Å²) in [6.45, 7) is 1.79. The highest BCUT2D eigenvalue weighted by molar-refractivity contribution is 5.77. The standard InChI is InChI=1S/C10H16F3NO3/c1-9(2,10(11,12)13)6-7(15)14(3)5-4-8(16)17/h4-6H2,1-3H3,(H,16,17). The second-order valence-corrected chi connectivity index (χ2v) is 4.52. The molecule has 0 fully saturated rings. The normalized spacial score (nSPS) is 12.4. The fourth-order valence-corrected chi connectivity index (χ4v) is 1.00. The predicted octanol–water partition coefficient (Wildman–Crippen LogP) is 1.90. The molecule has 100 valence electrons. The van der Waals surface area contributed by atoms with E-state index in [1.807, 2.05) is 0 Å².